The van der Waals surface area contributed by atoms with Gasteiger partial charge in [-0.05, 0) is 19.9 Å². The van der Waals surface area contributed by atoms with Gasteiger partial charge in [-0.3, -0.25) is 4.79 Å². The van der Waals surface area contributed by atoms with Crippen molar-refractivity contribution >= 4 is 29.0 Å². The fourth-order valence-corrected chi connectivity index (χ4v) is 4.49. The van der Waals surface area contributed by atoms with Crippen LogP contribution in [0.1, 0.15) is 29.8 Å². The maximum atomic E-state index is 12.3. The van der Waals surface area contributed by atoms with E-state index in [-0.39, 0.29) is 11.9 Å². The van der Waals surface area contributed by atoms with Crippen molar-refractivity contribution in [3.8, 4) is 16.3 Å². The van der Waals surface area contributed by atoms with Gasteiger partial charge in [0.05, 0.1) is 24.6 Å². The summed E-state index contributed by atoms with van der Waals surface area (Å²) in [6.07, 6.45) is 0. The van der Waals surface area contributed by atoms with Crippen LogP contribution in [0.2, 0.25) is 0 Å². The summed E-state index contributed by atoms with van der Waals surface area (Å²) in [4.78, 5) is 17.0. The third kappa shape index (κ3) is 5.36. The Kier molecular flexibility index (Phi) is 7.12. The van der Waals surface area contributed by atoms with Gasteiger partial charge in [0, 0.05) is 22.3 Å². The first-order valence-corrected chi connectivity index (χ1v) is 11.1. The predicted octanol–water partition coefficient (Wildman–Crippen LogP) is 5.24. The Labute approximate surface area is 174 Å². The summed E-state index contributed by atoms with van der Waals surface area (Å²) in [7, 11) is 1.64. The van der Waals surface area contributed by atoms with E-state index < -0.39 is 0 Å². The number of ether oxygens (including phenoxy) is 1. The molecule has 3 rings (SSSR count). The molecule has 146 valence electrons. The average Bonchev–Trinajstić information content (AvgIpc) is 3.17. The molecule has 1 heterocycles. The van der Waals surface area contributed by atoms with E-state index in [0.717, 1.165) is 33.3 Å². The van der Waals surface area contributed by atoms with Gasteiger partial charge in [0.15, 0.2) is 0 Å². The van der Waals surface area contributed by atoms with Crippen molar-refractivity contribution in [2.75, 3.05) is 12.9 Å². The summed E-state index contributed by atoms with van der Waals surface area (Å²) in [6.45, 7) is 4.04. The number of aryl methyl sites for hydroxylation is 1. The van der Waals surface area contributed by atoms with Crippen molar-refractivity contribution in [1.82, 2.24) is 10.3 Å². The molecule has 6 heteroatoms. The van der Waals surface area contributed by atoms with Crippen molar-refractivity contribution < 1.29 is 9.53 Å². The zero-order chi connectivity index (χ0) is 19.9. The van der Waals surface area contributed by atoms with Gasteiger partial charge < -0.3 is 10.1 Å². The highest BCUT2D eigenvalue weighted by Crippen LogP contribution is 2.26. The van der Waals surface area contributed by atoms with Crippen LogP contribution >= 0.6 is 23.1 Å². The molecule has 2 aromatic carbocycles. The lowest BCUT2D eigenvalue weighted by atomic mass is 10.1. The molecule has 0 saturated carbocycles. The van der Waals surface area contributed by atoms with E-state index in [2.05, 4.69) is 46.9 Å². The number of benzene rings is 2. The Morgan fingerprint density at radius 2 is 1.96 bits per heavy atom. The average molecular weight is 413 g/mol. The Bertz CT molecular complexity index is 922. The molecule has 4 nitrogen and oxygen atoms in total. The standard InChI is InChI=1S/C22H24N2O2S2/c1-15-8-10-17(11-9-15)22-24-18(13-28-22)12-27-14-21(25)23-16(2)19-6-4-5-7-20(19)26-3/h4-11,13,16H,12,14H2,1-3H3,(H,23,25). The number of hydrogen-bond acceptors (Lipinski definition) is 5. The molecule has 0 aliphatic heterocycles. The molecule has 1 N–H and O–H groups in total. The summed E-state index contributed by atoms with van der Waals surface area (Å²) in [5.41, 5.74) is 4.36. The second kappa shape index (κ2) is 9.75. The Morgan fingerprint density at radius 1 is 1.21 bits per heavy atom. The lowest BCUT2D eigenvalue weighted by molar-refractivity contribution is -0.119. The van der Waals surface area contributed by atoms with Gasteiger partial charge in [0.25, 0.3) is 0 Å². The molecule has 3 aromatic rings. The molecule has 0 bridgehead atoms. The molecule has 0 saturated heterocycles. The highest BCUT2D eigenvalue weighted by atomic mass is 32.2. The van der Waals surface area contributed by atoms with E-state index in [0.29, 0.717) is 5.75 Å². The number of carbonyl (C=O) groups excluding carboxylic acids is 1. The number of thioether (sulfide) groups is 1. The molecular weight excluding hydrogens is 388 g/mol. The smallest absolute Gasteiger partial charge is 0.230 e. The SMILES string of the molecule is COc1ccccc1C(C)NC(=O)CSCc1csc(-c2ccc(C)cc2)n1. The number of rotatable bonds is 8. The topological polar surface area (TPSA) is 51.2 Å². The molecular formula is C22H24N2O2S2. The van der Waals surface area contributed by atoms with Crippen LogP contribution in [0.25, 0.3) is 10.6 Å². The van der Waals surface area contributed by atoms with Crippen molar-refractivity contribution in [3.05, 3.63) is 70.7 Å². The highest BCUT2D eigenvalue weighted by molar-refractivity contribution is 7.99. The third-order valence-corrected chi connectivity index (χ3v) is 6.22. The predicted molar refractivity (Wildman–Crippen MR) is 118 cm³/mol. The molecule has 28 heavy (non-hydrogen) atoms. The molecule has 0 radical (unpaired) electrons. The van der Waals surface area contributed by atoms with Crippen LogP contribution in [0.5, 0.6) is 5.75 Å². The van der Waals surface area contributed by atoms with Gasteiger partial charge in [-0.25, -0.2) is 4.98 Å². The minimum Gasteiger partial charge on any atom is -0.496 e. The maximum Gasteiger partial charge on any atom is 0.230 e. The normalized spacial score (nSPS) is 11.8. The van der Waals surface area contributed by atoms with E-state index in [4.69, 9.17) is 4.74 Å². The van der Waals surface area contributed by atoms with Gasteiger partial charge >= 0.3 is 0 Å². The molecule has 1 amide bonds. The number of carbonyl (C=O) groups is 1. The molecule has 0 spiro atoms. The van der Waals surface area contributed by atoms with Crippen LogP contribution in [0.3, 0.4) is 0 Å². The van der Waals surface area contributed by atoms with Crippen LogP contribution in [-0.2, 0) is 10.5 Å². The zero-order valence-electron chi connectivity index (χ0n) is 16.3. The van der Waals surface area contributed by atoms with Crippen molar-refractivity contribution in [3.63, 3.8) is 0 Å². The minimum atomic E-state index is -0.100. The Hall–Kier alpha value is -2.31. The molecule has 1 atom stereocenters. The number of nitrogens with one attached hydrogen (secondary N) is 1. The van der Waals surface area contributed by atoms with Gasteiger partial charge in [-0.1, -0.05) is 48.0 Å². The van der Waals surface area contributed by atoms with Crippen molar-refractivity contribution in [2.45, 2.75) is 25.6 Å². The lowest BCUT2D eigenvalue weighted by Gasteiger charge is -2.17. The summed E-state index contributed by atoms with van der Waals surface area (Å²) < 4.78 is 5.37. The van der Waals surface area contributed by atoms with Crippen LogP contribution in [0.15, 0.2) is 53.9 Å². The van der Waals surface area contributed by atoms with E-state index in [1.807, 2.05) is 31.2 Å². The lowest BCUT2D eigenvalue weighted by Crippen LogP contribution is -2.28. The molecule has 0 aliphatic carbocycles. The van der Waals surface area contributed by atoms with Crippen LogP contribution in [0.4, 0.5) is 0 Å². The Balaban J connectivity index is 1.48. The first-order chi connectivity index (χ1) is 13.6. The second-order valence-corrected chi connectivity index (χ2v) is 8.38. The summed E-state index contributed by atoms with van der Waals surface area (Å²) in [6, 6.07) is 16.0. The fraction of sp³-hybridized carbons (Fsp3) is 0.273. The quantitative estimate of drug-likeness (QED) is 0.550. The first-order valence-electron chi connectivity index (χ1n) is 9.08. The van der Waals surface area contributed by atoms with Crippen LogP contribution in [0, 0.1) is 6.92 Å². The zero-order valence-corrected chi connectivity index (χ0v) is 17.9. The highest BCUT2D eigenvalue weighted by Gasteiger charge is 2.14. The first kappa shape index (κ1) is 20.4. The van der Waals surface area contributed by atoms with Gasteiger partial charge in [0.1, 0.15) is 10.8 Å². The fourth-order valence-electron chi connectivity index (χ4n) is 2.84. The largest absolute Gasteiger partial charge is 0.496 e. The molecule has 0 aliphatic rings. The molecule has 0 fully saturated rings. The van der Waals surface area contributed by atoms with E-state index in [1.54, 1.807) is 30.2 Å². The Morgan fingerprint density at radius 3 is 2.71 bits per heavy atom. The summed E-state index contributed by atoms with van der Waals surface area (Å²) in [5, 5.41) is 6.12. The van der Waals surface area contributed by atoms with E-state index in [1.165, 1.54) is 5.56 Å². The summed E-state index contributed by atoms with van der Waals surface area (Å²) >= 11 is 3.21. The van der Waals surface area contributed by atoms with Gasteiger partial charge in [-0.2, -0.15) is 0 Å². The minimum absolute atomic E-state index is 0.0115. The summed E-state index contributed by atoms with van der Waals surface area (Å²) in [5.74, 6) is 1.92. The van der Waals surface area contributed by atoms with Gasteiger partial charge in [0.2, 0.25) is 5.91 Å². The molecule has 1 aromatic heterocycles. The maximum absolute atomic E-state index is 12.3. The number of aromatic nitrogens is 1. The number of nitrogens with zero attached hydrogens (tertiary/aromatic N) is 1. The monoisotopic (exact) mass is 412 g/mol. The number of methoxy groups -OCH3 is 1. The van der Waals surface area contributed by atoms with Crippen molar-refractivity contribution in [1.29, 1.82) is 0 Å². The third-order valence-electron chi connectivity index (χ3n) is 4.32. The van der Waals surface area contributed by atoms with Crippen LogP contribution < -0.4 is 10.1 Å². The van der Waals surface area contributed by atoms with Crippen molar-refractivity contribution in [2.24, 2.45) is 0 Å². The molecule has 1 unspecified atom stereocenters. The number of para-hydroxylation sites is 1. The second-order valence-electron chi connectivity index (χ2n) is 6.53. The van der Waals surface area contributed by atoms with Crippen LogP contribution in [-0.4, -0.2) is 23.8 Å². The number of hydrogen-bond donors (Lipinski definition) is 1. The number of thiazole rings is 1. The van der Waals surface area contributed by atoms with Gasteiger partial charge in [-0.15, -0.1) is 23.1 Å². The van der Waals surface area contributed by atoms with E-state index >= 15 is 0 Å². The number of amides is 1. The van der Waals surface area contributed by atoms with E-state index in [9.17, 15) is 4.79 Å².